The minimum absolute atomic E-state index is 0.0330. The van der Waals surface area contributed by atoms with Gasteiger partial charge in [-0.3, -0.25) is 4.79 Å². The second-order valence-electron chi connectivity index (χ2n) is 4.78. The second kappa shape index (κ2) is 16.3. The molecule has 0 fully saturated rings. The van der Waals surface area contributed by atoms with Crippen molar-refractivity contribution < 1.29 is 19.4 Å². The van der Waals surface area contributed by atoms with Crippen molar-refractivity contribution in [2.24, 2.45) is 0 Å². The largest absolute Gasteiger partial charge is 0.501 e. The third-order valence-corrected chi connectivity index (χ3v) is 2.80. The molecule has 0 bridgehead atoms. The highest BCUT2D eigenvalue weighted by Crippen LogP contribution is 2.02. The van der Waals surface area contributed by atoms with Gasteiger partial charge in [-0.1, -0.05) is 36.5 Å². The van der Waals surface area contributed by atoms with Gasteiger partial charge in [0.25, 0.3) is 0 Å². The predicted molar refractivity (Wildman–Crippen MR) is 94.2 cm³/mol. The zero-order valence-corrected chi connectivity index (χ0v) is 13.7. The van der Waals surface area contributed by atoms with Crippen LogP contribution in [-0.4, -0.2) is 30.4 Å². The summed E-state index contributed by atoms with van der Waals surface area (Å²) in [6.45, 7) is 8.55. The van der Waals surface area contributed by atoms with Gasteiger partial charge in [0.2, 0.25) is 0 Å². The van der Waals surface area contributed by atoms with E-state index in [9.17, 15) is 4.79 Å². The van der Waals surface area contributed by atoms with E-state index in [1.165, 1.54) is 0 Å². The van der Waals surface area contributed by atoms with Crippen molar-refractivity contribution >= 4 is 5.97 Å². The van der Waals surface area contributed by atoms with E-state index in [1.807, 2.05) is 30.4 Å². The number of hydrogen-bond donors (Lipinski definition) is 1. The van der Waals surface area contributed by atoms with Gasteiger partial charge >= 0.3 is 5.97 Å². The van der Waals surface area contributed by atoms with Crippen LogP contribution in [0.4, 0.5) is 0 Å². The Morgan fingerprint density at radius 2 is 1.78 bits per heavy atom. The summed E-state index contributed by atoms with van der Waals surface area (Å²) in [6, 6.07) is 0. The van der Waals surface area contributed by atoms with Crippen LogP contribution in [0.2, 0.25) is 0 Å². The first kappa shape index (κ1) is 20.9. The van der Waals surface area contributed by atoms with Crippen molar-refractivity contribution in [2.45, 2.75) is 38.2 Å². The van der Waals surface area contributed by atoms with Crippen molar-refractivity contribution in [3.8, 4) is 0 Å². The molecular weight excluding hydrogens is 292 g/mol. The van der Waals surface area contributed by atoms with E-state index >= 15 is 0 Å². The minimum atomic E-state index is -0.805. The van der Waals surface area contributed by atoms with Crippen LogP contribution >= 0.6 is 0 Å². The van der Waals surface area contributed by atoms with Crippen LogP contribution in [0.1, 0.15) is 32.1 Å². The lowest BCUT2D eigenvalue weighted by Gasteiger charge is -2.09. The molecule has 0 aliphatic heterocycles. The summed E-state index contributed by atoms with van der Waals surface area (Å²) in [5.41, 5.74) is 0. The van der Waals surface area contributed by atoms with Crippen molar-refractivity contribution in [2.75, 3.05) is 13.2 Å². The third-order valence-electron chi connectivity index (χ3n) is 2.80. The number of aliphatic carboxylic acids is 1. The standard InChI is InChI=1S/C19H28O4/c1-3-5-15-22-16-12-13-18(4-2)23-17-11-9-7-6-8-10-14-19(20)21/h3-4,8-12,16,18H,1-2,5-7,13-15,17H2,(H,20,21)/b10-8+,11-9+,16-12+. The Morgan fingerprint density at radius 3 is 2.43 bits per heavy atom. The summed E-state index contributed by atoms with van der Waals surface area (Å²) in [4.78, 5) is 10.3. The molecule has 128 valence electrons. The lowest BCUT2D eigenvalue weighted by atomic mass is 10.2. The van der Waals surface area contributed by atoms with Gasteiger partial charge in [-0.2, -0.15) is 0 Å². The highest BCUT2D eigenvalue weighted by atomic mass is 16.5. The average molecular weight is 320 g/mol. The van der Waals surface area contributed by atoms with E-state index < -0.39 is 5.97 Å². The highest BCUT2D eigenvalue weighted by molar-refractivity contribution is 5.68. The summed E-state index contributed by atoms with van der Waals surface area (Å²) >= 11 is 0. The van der Waals surface area contributed by atoms with Gasteiger partial charge in [0.1, 0.15) is 0 Å². The van der Waals surface area contributed by atoms with E-state index in [0.717, 1.165) is 25.7 Å². The SMILES string of the molecule is C=CCCO/C=C/CC(C=C)OC/C=C/CC/C=C/CC(=O)O. The van der Waals surface area contributed by atoms with Gasteiger partial charge in [0.05, 0.1) is 32.0 Å². The van der Waals surface area contributed by atoms with Crippen LogP contribution in [-0.2, 0) is 14.3 Å². The van der Waals surface area contributed by atoms with E-state index in [2.05, 4.69) is 13.2 Å². The highest BCUT2D eigenvalue weighted by Gasteiger charge is 1.99. The Labute approximate surface area is 139 Å². The third kappa shape index (κ3) is 16.1. The van der Waals surface area contributed by atoms with E-state index in [0.29, 0.717) is 13.2 Å². The maximum Gasteiger partial charge on any atom is 0.307 e. The average Bonchev–Trinajstić information content (AvgIpc) is 2.54. The molecule has 0 saturated carbocycles. The summed E-state index contributed by atoms with van der Waals surface area (Å²) < 4.78 is 10.9. The topological polar surface area (TPSA) is 55.8 Å². The first-order chi connectivity index (χ1) is 11.2. The lowest BCUT2D eigenvalue weighted by molar-refractivity contribution is -0.136. The number of unbranched alkanes of at least 4 members (excludes halogenated alkanes) is 1. The normalized spacial score (nSPS) is 12.9. The molecule has 1 atom stereocenters. The van der Waals surface area contributed by atoms with Crippen molar-refractivity contribution in [3.63, 3.8) is 0 Å². The van der Waals surface area contributed by atoms with E-state index in [-0.39, 0.29) is 12.5 Å². The monoisotopic (exact) mass is 320 g/mol. The smallest absolute Gasteiger partial charge is 0.307 e. The molecule has 23 heavy (non-hydrogen) atoms. The lowest BCUT2D eigenvalue weighted by Crippen LogP contribution is -2.08. The summed E-state index contributed by atoms with van der Waals surface area (Å²) in [7, 11) is 0. The summed E-state index contributed by atoms with van der Waals surface area (Å²) in [5, 5.41) is 8.47. The Bertz CT molecular complexity index is 408. The summed E-state index contributed by atoms with van der Waals surface area (Å²) in [5.74, 6) is -0.805. The van der Waals surface area contributed by atoms with Crippen molar-refractivity contribution in [1.29, 1.82) is 0 Å². The maximum atomic E-state index is 10.3. The molecule has 0 saturated heterocycles. The number of allylic oxidation sites excluding steroid dienone is 2. The molecule has 0 heterocycles. The summed E-state index contributed by atoms with van der Waals surface area (Å²) in [6.07, 6.45) is 18.1. The molecule has 1 N–H and O–H groups in total. The van der Waals surface area contributed by atoms with Crippen molar-refractivity contribution in [1.82, 2.24) is 0 Å². The molecule has 0 rings (SSSR count). The zero-order chi connectivity index (χ0) is 17.2. The molecule has 4 nitrogen and oxygen atoms in total. The first-order valence-electron chi connectivity index (χ1n) is 7.84. The molecule has 0 aromatic carbocycles. The number of carbonyl (C=O) groups is 1. The van der Waals surface area contributed by atoms with Gasteiger partial charge in [0.15, 0.2) is 0 Å². The Kier molecular flexibility index (Phi) is 14.8. The molecule has 0 radical (unpaired) electrons. The minimum Gasteiger partial charge on any atom is -0.501 e. The second-order valence-corrected chi connectivity index (χ2v) is 4.78. The van der Waals surface area contributed by atoms with Crippen LogP contribution in [0.15, 0.2) is 62.0 Å². The van der Waals surface area contributed by atoms with E-state index in [1.54, 1.807) is 18.4 Å². The number of hydrogen-bond acceptors (Lipinski definition) is 3. The van der Waals surface area contributed by atoms with Crippen LogP contribution in [0.25, 0.3) is 0 Å². The van der Waals surface area contributed by atoms with Gasteiger partial charge in [-0.15, -0.1) is 13.2 Å². The number of carboxylic acid groups (broad SMARTS) is 1. The van der Waals surface area contributed by atoms with E-state index in [4.69, 9.17) is 14.6 Å². The van der Waals surface area contributed by atoms with Gasteiger partial charge in [-0.05, 0) is 31.8 Å². The van der Waals surface area contributed by atoms with Crippen LogP contribution in [0, 0.1) is 0 Å². The van der Waals surface area contributed by atoms with Crippen molar-refractivity contribution in [3.05, 3.63) is 62.0 Å². The quantitative estimate of drug-likeness (QED) is 0.276. The molecule has 0 aliphatic rings. The number of carboxylic acids is 1. The fourth-order valence-electron chi connectivity index (χ4n) is 1.57. The van der Waals surface area contributed by atoms with Gasteiger partial charge in [-0.25, -0.2) is 0 Å². The molecule has 0 aromatic rings. The van der Waals surface area contributed by atoms with Crippen LogP contribution < -0.4 is 0 Å². The molecule has 4 heteroatoms. The molecule has 0 aromatic heterocycles. The first-order valence-corrected chi connectivity index (χ1v) is 7.84. The zero-order valence-electron chi connectivity index (χ0n) is 13.7. The molecule has 0 aliphatic carbocycles. The Balaban J connectivity index is 3.67. The fraction of sp³-hybridized carbons (Fsp3) is 0.421. The van der Waals surface area contributed by atoms with Crippen LogP contribution in [0.3, 0.4) is 0 Å². The Morgan fingerprint density at radius 1 is 1.04 bits per heavy atom. The van der Waals surface area contributed by atoms with Gasteiger partial charge < -0.3 is 14.6 Å². The Hall–Kier alpha value is -2.07. The number of ether oxygens (including phenoxy) is 2. The van der Waals surface area contributed by atoms with Crippen LogP contribution in [0.5, 0.6) is 0 Å². The molecule has 0 amide bonds. The number of rotatable bonds is 15. The molecular formula is C19H28O4. The fourth-order valence-corrected chi connectivity index (χ4v) is 1.57. The molecule has 0 spiro atoms. The maximum absolute atomic E-state index is 10.3. The molecule has 1 unspecified atom stereocenters. The predicted octanol–water partition coefficient (Wildman–Crippen LogP) is 4.42. The van der Waals surface area contributed by atoms with Gasteiger partial charge in [0, 0.05) is 0 Å².